The van der Waals surface area contributed by atoms with Gasteiger partial charge < -0.3 is 25.4 Å². The number of aliphatic carboxylic acids is 1. The van der Waals surface area contributed by atoms with Crippen molar-refractivity contribution in [1.82, 2.24) is 37.0 Å². The van der Waals surface area contributed by atoms with Gasteiger partial charge in [-0.3, -0.25) is 9.59 Å². The predicted molar refractivity (Wildman–Crippen MR) is 192 cm³/mol. The SMILES string of the molecule is CC(C)(C)OC(=O)N[C@H]1CCCCC/C=C\[C@@H]2C[C@]2(C(=O)O)NC(=O)[C@@H]2C[C@@H](N3NNC(c4ccccc4/C=C/c4ccccc4)N3)CN2C1=O. The van der Waals surface area contributed by atoms with Crippen LogP contribution >= 0.6 is 0 Å². The Hall–Kier alpha value is -4.56. The summed E-state index contributed by atoms with van der Waals surface area (Å²) in [4.78, 5) is 55.3. The monoisotopic (exact) mass is 699 g/mol. The van der Waals surface area contributed by atoms with Gasteiger partial charge in [0.05, 0.1) is 6.04 Å². The molecule has 2 aromatic carbocycles. The van der Waals surface area contributed by atoms with Crippen LogP contribution in [0.5, 0.6) is 0 Å². The van der Waals surface area contributed by atoms with E-state index in [0.29, 0.717) is 12.8 Å². The van der Waals surface area contributed by atoms with Crippen molar-refractivity contribution in [2.45, 2.75) is 101 Å². The molecule has 3 amide bonds. The molecule has 0 bridgehead atoms. The molecule has 1 aliphatic carbocycles. The first-order chi connectivity index (χ1) is 24.4. The van der Waals surface area contributed by atoms with Crippen LogP contribution in [0.1, 0.15) is 88.6 Å². The van der Waals surface area contributed by atoms with Crippen molar-refractivity contribution < 1.29 is 29.0 Å². The van der Waals surface area contributed by atoms with Gasteiger partial charge in [0.1, 0.15) is 29.4 Å². The van der Waals surface area contributed by atoms with E-state index >= 15 is 0 Å². The maximum atomic E-state index is 14.4. The lowest BCUT2D eigenvalue weighted by Crippen LogP contribution is -2.56. The predicted octanol–water partition coefficient (Wildman–Crippen LogP) is 4.03. The van der Waals surface area contributed by atoms with Gasteiger partial charge in [0.15, 0.2) is 0 Å². The number of ether oxygens (including phenoxy) is 1. The van der Waals surface area contributed by atoms with Crippen molar-refractivity contribution in [1.29, 1.82) is 0 Å². The van der Waals surface area contributed by atoms with E-state index in [4.69, 9.17) is 4.74 Å². The first-order valence-electron chi connectivity index (χ1n) is 17.8. The second-order valence-corrected chi connectivity index (χ2v) is 14.8. The largest absolute Gasteiger partial charge is 0.479 e. The van der Waals surface area contributed by atoms with Crippen LogP contribution < -0.4 is 27.0 Å². The fraction of sp³-hybridized carbons (Fsp3) is 0.474. The number of allylic oxidation sites excluding steroid dienone is 1. The number of hydrogen-bond donors (Lipinski definition) is 6. The molecule has 4 aliphatic rings. The van der Waals surface area contributed by atoms with Gasteiger partial charge in [0.2, 0.25) is 11.8 Å². The lowest BCUT2D eigenvalue weighted by molar-refractivity contribution is -0.145. The third-order valence-electron chi connectivity index (χ3n) is 9.85. The lowest BCUT2D eigenvalue weighted by Gasteiger charge is -2.30. The Kier molecular flexibility index (Phi) is 10.9. The molecule has 51 heavy (non-hydrogen) atoms. The highest BCUT2D eigenvalue weighted by Gasteiger charge is 2.61. The minimum Gasteiger partial charge on any atom is -0.479 e. The average Bonchev–Trinajstić information content (AvgIpc) is 3.39. The molecule has 3 aliphatic heterocycles. The van der Waals surface area contributed by atoms with E-state index in [1.165, 1.54) is 4.90 Å². The van der Waals surface area contributed by atoms with Crippen LogP contribution in [0.4, 0.5) is 4.79 Å². The quantitative estimate of drug-likeness (QED) is 0.192. The molecule has 0 radical (unpaired) electrons. The summed E-state index contributed by atoms with van der Waals surface area (Å²) in [5, 5.41) is 17.5. The summed E-state index contributed by atoms with van der Waals surface area (Å²) in [6.45, 7) is 5.41. The molecular formula is C38H49N7O6. The highest BCUT2D eigenvalue weighted by Crippen LogP contribution is 2.45. The van der Waals surface area contributed by atoms with Crippen molar-refractivity contribution in [2.75, 3.05) is 6.54 Å². The maximum Gasteiger partial charge on any atom is 0.408 e. The van der Waals surface area contributed by atoms with E-state index < -0.39 is 47.1 Å². The highest BCUT2D eigenvalue weighted by atomic mass is 16.6. The number of nitrogens with one attached hydrogen (secondary N) is 5. The summed E-state index contributed by atoms with van der Waals surface area (Å²) in [5.74, 6) is -2.36. The fourth-order valence-corrected chi connectivity index (χ4v) is 7.07. The Morgan fingerprint density at radius 1 is 1.02 bits per heavy atom. The highest BCUT2D eigenvalue weighted by molar-refractivity contribution is 5.96. The van der Waals surface area contributed by atoms with Crippen LogP contribution in [0.3, 0.4) is 0 Å². The van der Waals surface area contributed by atoms with Gasteiger partial charge >= 0.3 is 12.1 Å². The van der Waals surface area contributed by atoms with Gasteiger partial charge in [0, 0.05) is 12.5 Å². The van der Waals surface area contributed by atoms with Crippen LogP contribution in [0.2, 0.25) is 0 Å². The van der Waals surface area contributed by atoms with Gasteiger partial charge in [-0.05, 0) is 69.6 Å². The zero-order valence-electron chi connectivity index (χ0n) is 29.4. The third-order valence-corrected chi connectivity index (χ3v) is 9.85. The van der Waals surface area contributed by atoms with E-state index in [2.05, 4.69) is 39.2 Å². The number of carboxylic acids is 1. The Bertz CT molecular complexity index is 1660. The number of alkyl carbamates (subject to hydrolysis) is 1. The van der Waals surface area contributed by atoms with Gasteiger partial charge in [-0.25, -0.2) is 20.4 Å². The second kappa shape index (κ2) is 15.4. The maximum absolute atomic E-state index is 14.4. The molecule has 272 valence electrons. The topological polar surface area (TPSA) is 164 Å². The lowest BCUT2D eigenvalue weighted by atomic mass is 10.0. The van der Waals surface area contributed by atoms with E-state index in [1.807, 2.05) is 66.7 Å². The minimum atomic E-state index is -1.41. The summed E-state index contributed by atoms with van der Waals surface area (Å²) in [6.07, 6.45) is 10.9. The Balaban J connectivity index is 1.23. The van der Waals surface area contributed by atoms with E-state index in [1.54, 1.807) is 25.9 Å². The van der Waals surface area contributed by atoms with Gasteiger partial charge in [-0.1, -0.05) is 91.7 Å². The normalized spacial score (nSPS) is 29.7. The first kappa shape index (κ1) is 36.2. The van der Waals surface area contributed by atoms with E-state index in [-0.39, 0.29) is 37.5 Å². The number of carboxylic acid groups (broad SMARTS) is 1. The zero-order chi connectivity index (χ0) is 36.2. The Morgan fingerprint density at radius 3 is 2.55 bits per heavy atom. The van der Waals surface area contributed by atoms with Crippen molar-refractivity contribution in [3.8, 4) is 0 Å². The summed E-state index contributed by atoms with van der Waals surface area (Å²) in [7, 11) is 0. The molecule has 2 saturated heterocycles. The van der Waals surface area contributed by atoms with Crippen LogP contribution in [0.25, 0.3) is 12.2 Å². The summed E-state index contributed by atoms with van der Waals surface area (Å²) in [5.41, 5.74) is 10.8. The summed E-state index contributed by atoms with van der Waals surface area (Å²) >= 11 is 0. The number of amides is 3. The van der Waals surface area contributed by atoms with Crippen molar-refractivity contribution in [2.24, 2.45) is 5.92 Å². The van der Waals surface area contributed by atoms with Crippen molar-refractivity contribution in [3.63, 3.8) is 0 Å². The molecule has 6 N–H and O–H groups in total. The smallest absolute Gasteiger partial charge is 0.408 e. The molecule has 3 fully saturated rings. The molecule has 1 saturated carbocycles. The van der Waals surface area contributed by atoms with Gasteiger partial charge in [-0.15, -0.1) is 0 Å². The third kappa shape index (κ3) is 8.67. The van der Waals surface area contributed by atoms with E-state index in [0.717, 1.165) is 36.0 Å². The average molecular weight is 700 g/mol. The van der Waals surface area contributed by atoms with Crippen LogP contribution in [0.15, 0.2) is 66.7 Å². The van der Waals surface area contributed by atoms with Gasteiger partial charge in [0.25, 0.3) is 0 Å². The molecular weight excluding hydrogens is 650 g/mol. The molecule has 13 nitrogen and oxygen atoms in total. The second-order valence-electron chi connectivity index (χ2n) is 14.8. The number of hydrazine groups is 3. The fourth-order valence-electron chi connectivity index (χ4n) is 7.07. The molecule has 6 atom stereocenters. The molecule has 6 rings (SSSR count). The molecule has 2 aromatic rings. The van der Waals surface area contributed by atoms with Crippen molar-refractivity contribution >= 4 is 36.0 Å². The molecule has 13 heteroatoms. The Morgan fingerprint density at radius 2 is 1.78 bits per heavy atom. The molecule has 0 spiro atoms. The number of carbonyl (C=O) groups excluding carboxylic acids is 3. The van der Waals surface area contributed by atoms with E-state index in [9.17, 15) is 24.3 Å². The number of rotatable bonds is 6. The standard InChI is InChI=1S/C38H49N7O6/c1-37(2,3)51-36(50)39-30-19-11-6-4-5-10-17-27-23-38(27,35(48)49)40-33(46)31-22-28(24-44(31)34(30)47)45-42-32(41-43-45)29-18-13-12-16-26(29)21-20-25-14-8-7-9-15-25/h7-10,12-18,20-21,27-28,30-32,41-43H,4-6,11,19,22-24H2,1-3H3,(H,39,50)(H,40,46)(H,48,49)/b17-10-,21-20+/t27-,28-,30+,31+,32?,38+/m1/s1. The van der Waals surface area contributed by atoms with Crippen molar-refractivity contribution in [3.05, 3.63) is 83.4 Å². The summed E-state index contributed by atoms with van der Waals surface area (Å²) < 4.78 is 5.50. The number of carbonyl (C=O) groups is 4. The van der Waals surface area contributed by atoms with Crippen LogP contribution in [0, 0.1) is 5.92 Å². The Labute approximate surface area is 298 Å². The number of benzene rings is 2. The number of nitrogens with zero attached hydrogens (tertiary/aromatic N) is 2. The molecule has 3 heterocycles. The van der Waals surface area contributed by atoms with Crippen LogP contribution in [-0.4, -0.2) is 74.8 Å². The number of fused-ring (bicyclic) bond motifs is 2. The zero-order valence-corrected chi connectivity index (χ0v) is 29.4. The van der Waals surface area contributed by atoms with Crippen LogP contribution in [-0.2, 0) is 19.1 Å². The van der Waals surface area contributed by atoms with Gasteiger partial charge in [-0.2, -0.15) is 10.7 Å². The summed E-state index contributed by atoms with van der Waals surface area (Å²) in [6, 6.07) is 15.8. The molecule has 1 unspecified atom stereocenters. The molecule has 0 aromatic heterocycles. The first-order valence-corrected chi connectivity index (χ1v) is 17.8. The minimum absolute atomic E-state index is 0.150. The number of hydrogen-bond acceptors (Lipinski definition) is 9.